The Hall–Kier alpha value is -3.06. The smallest absolute Gasteiger partial charge is 0.328 e. The number of piperidine rings is 1. The van der Waals surface area contributed by atoms with Gasteiger partial charge in [0.25, 0.3) is 0 Å². The summed E-state index contributed by atoms with van der Waals surface area (Å²) in [6.07, 6.45) is 2.17. The van der Waals surface area contributed by atoms with E-state index in [2.05, 4.69) is 4.90 Å². The van der Waals surface area contributed by atoms with Crippen LogP contribution in [0.1, 0.15) is 36.5 Å². The third-order valence-electron chi connectivity index (χ3n) is 6.20. The molecule has 2 heterocycles. The monoisotopic (exact) mass is 438 g/mol. The number of methoxy groups -OCH3 is 2. The molecule has 2 aliphatic heterocycles. The van der Waals surface area contributed by atoms with Crippen molar-refractivity contribution in [1.82, 2.24) is 9.80 Å². The normalized spacial score (nSPS) is 21.1. The van der Waals surface area contributed by atoms with Crippen LogP contribution in [0.25, 0.3) is 0 Å². The second-order valence-electron chi connectivity index (χ2n) is 8.25. The Morgan fingerprint density at radius 1 is 1.06 bits per heavy atom. The van der Waals surface area contributed by atoms with Crippen molar-refractivity contribution in [2.75, 3.05) is 33.9 Å². The molecule has 170 valence electrons. The molecule has 0 radical (unpaired) electrons. The van der Waals surface area contributed by atoms with E-state index in [0.29, 0.717) is 26.1 Å². The number of likely N-dealkylation sites (tertiary alicyclic amines) is 1. The zero-order valence-corrected chi connectivity index (χ0v) is 18.7. The molecule has 0 spiro atoms. The minimum atomic E-state index is -0.498. The van der Waals surface area contributed by atoms with E-state index >= 15 is 0 Å². The summed E-state index contributed by atoms with van der Waals surface area (Å²) in [6, 6.07) is 15.2. The van der Waals surface area contributed by atoms with Crippen molar-refractivity contribution in [2.45, 2.75) is 38.0 Å². The highest BCUT2D eigenvalue weighted by Gasteiger charge is 2.34. The van der Waals surface area contributed by atoms with Crippen molar-refractivity contribution in [3.63, 3.8) is 0 Å². The Kier molecular flexibility index (Phi) is 6.95. The second kappa shape index (κ2) is 10.0. The number of para-hydroxylation sites is 2. The van der Waals surface area contributed by atoms with E-state index in [0.717, 1.165) is 35.5 Å². The number of carbonyl (C=O) groups is 2. The van der Waals surface area contributed by atoms with Gasteiger partial charge >= 0.3 is 5.97 Å². The first-order valence-electron chi connectivity index (χ1n) is 11.1. The lowest BCUT2D eigenvalue weighted by Crippen LogP contribution is -2.51. The Bertz CT molecular complexity index is 963. The molecule has 0 aliphatic carbocycles. The Labute approximate surface area is 188 Å². The molecule has 0 saturated carbocycles. The lowest BCUT2D eigenvalue weighted by Gasteiger charge is -2.35. The zero-order chi connectivity index (χ0) is 22.5. The number of esters is 1. The van der Waals surface area contributed by atoms with E-state index in [1.165, 1.54) is 7.11 Å². The van der Waals surface area contributed by atoms with Crippen molar-refractivity contribution < 1.29 is 23.8 Å². The SMILES string of the molecule is COC(=O)[C@H]1CCCCN1C(=O)CN1Cc2ccccc2O[C@H](c2ccccc2OC)C1. The Morgan fingerprint density at radius 2 is 1.84 bits per heavy atom. The van der Waals surface area contributed by atoms with Gasteiger partial charge in [0, 0.05) is 30.8 Å². The van der Waals surface area contributed by atoms with E-state index in [-0.39, 0.29) is 24.5 Å². The molecule has 2 aromatic carbocycles. The van der Waals surface area contributed by atoms with Crippen LogP contribution < -0.4 is 9.47 Å². The fourth-order valence-electron chi connectivity index (χ4n) is 4.59. The van der Waals surface area contributed by atoms with Gasteiger partial charge in [-0.05, 0) is 31.4 Å². The van der Waals surface area contributed by atoms with E-state index in [9.17, 15) is 9.59 Å². The minimum absolute atomic E-state index is 0.0572. The van der Waals surface area contributed by atoms with Gasteiger partial charge in [-0.2, -0.15) is 0 Å². The molecular formula is C25H30N2O5. The number of carbonyl (C=O) groups excluding carboxylic acids is 2. The molecule has 0 unspecified atom stereocenters. The quantitative estimate of drug-likeness (QED) is 0.668. The van der Waals surface area contributed by atoms with Gasteiger partial charge in [0.05, 0.1) is 20.8 Å². The van der Waals surface area contributed by atoms with E-state index in [1.54, 1.807) is 12.0 Å². The van der Waals surface area contributed by atoms with Crippen molar-refractivity contribution in [3.05, 3.63) is 59.7 Å². The van der Waals surface area contributed by atoms with Crippen LogP contribution in [0.15, 0.2) is 48.5 Å². The lowest BCUT2D eigenvalue weighted by atomic mass is 10.0. The first-order valence-corrected chi connectivity index (χ1v) is 11.1. The van der Waals surface area contributed by atoms with E-state index in [1.807, 2.05) is 48.5 Å². The molecule has 1 fully saturated rings. The van der Waals surface area contributed by atoms with Gasteiger partial charge in [0.2, 0.25) is 5.91 Å². The van der Waals surface area contributed by atoms with Gasteiger partial charge in [-0.15, -0.1) is 0 Å². The van der Waals surface area contributed by atoms with Crippen molar-refractivity contribution in [3.8, 4) is 11.5 Å². The van der Waals surface area contributed by atoms with Crippen LogP contribution in [0.5, 0.6) is 11.5 Å². The fraction of sp³-hybridized carbons (Fsp3) is 0.440. The maximum absolute atomic E-state index is 13.3. The van der Waals surface area contributed by atoms with Crippen LogP contribution in [-0.2, 0) is 20.9 Å². The number of hydrogen-bond donors (Lipinski definition) is 0. The van der Waals surface area contributed by atoms with Crippen LogP contribution in [0.4, 0.5) is 0 Å². The van der Waals surface area contributed by atoms with Crippen molar-refractivity contribution in [1.29, 1.82) is 0 Å². The summed E-state index contributed by atoms with van der Waals surface area (Å²) in [5, 5.41) is 0. The number of ether oxygens (including phenoxy) is 3. The highest BCUT2D eigenvalue weighted by atomic mass is 16.5. The molecule has 0 bridgehead atoms. The molecule has 7 heteroatoms. The highest BCUT2D eigenvalue weighted by Crippen LogP contribution is 2.34. The van der Waals surface area contributed by atoms with Gasteiger partial charge in [-0.25, -0.2) is 4.79 Å². The van der Waals surface area contributed by atoms with Gasteiger partial charge in [0.15, 0.2) is 0 Å². The third kappa shape index (κ3) is 4.72. The minimum Gasteiger partial charge on any atom is -0.496 e. The van der Waals surface area contributed by atoms with E-state index in [4.69, 9.17) is 14.2 Å². The summed E-state index contributed by atoms with van der Waals surface area (Å²) in [5.74, 6) is 1.17. The number of hydrogen-bond acceptors (Lipinski definition) is 6. The molecule has 1 saturated heterocycles. The molecule has 0 N–H and O–H groups in total. The number of amides is 1. The maximum atomic E-state index is 13.3. The first kappa shape index (κ1) is 22.1. The topological polar surface area (TPSA) is 68.3 Å². The lowest BCUT2D eigenvalue weighted by molar-refractivity contribution is -0.155. The van der Waals surface area contributed by atoms with Crippen LogP contribution >= 0.6 is 0 Å². The van der Waals surface area contributed by atoms with Crippen molar-refractivity contribution in [2.24, 2.45) is 0 Å². The van der Waals surface area contributed by atoms with Crippen LogP contribution in [-0.4, -0.2) is 61.6 Å². The molecule has 32 heavy (non-hydrogen) atoms. The highest BCUT2D eigenvalue weighted by molar-refractivity contribution is 5.85. The number of fused-ring (bicyclic) bond motifs is 1. The molecular weight excluding hydrogens is 408 g/mol. The van der Waals surface area contributed by atoms with E-state index < -0.39 is 6.04 Å². The zero-order valence-electron chi connectivity index (χ0n) is 18.7. The van der Waals surface area contributed by atoms with Crippen LogP contribution in [0.3, 0.4) is 0 Å². The first-order chi connectivity index (χ1) is 15.6. The molecule has 7 nitrogen and oxygen atoms in total. The summed E-state index contributed by atoms with van der Waals surface area (Å²) in [6.45, 7) is 1.90. The molecule has 2 aliphatic rings. The molecule has 2 aromatic rings. The maximum Gasteiger partial charge on any atom is 0.328 e. The van der Waals surface area contributed by atoms with Gasteiger partial charge < -0.3 is 19.1 Å². The Morgan fingerprint density at radius 3 is 2.66 bits per heavy atom. The predicted octanol–water partition coefficient (Wildman–Crippen LogP) is 3.19. The molecule has 0 aromatic heterocycles. The average molecular weight is 439 g/mol. The second-order valence-corrected chi connectivity index (χ2v) is 8.25. The van der Waals surface area contributed by atoms with Crippen LogP contribution in [0.2, 0.25) is 0 Å². The van der Waals surface area contributed by atoms with Gasteiger partial charge in [0.1, 0.15) is 23.6 Å². The van der Waals surface area contributed by atoms with Gasteiger partial charge in [-0.1, -0.05) is 36.4 Å². The summed E-state index contributed by atoms with van der Waals surface area (Å²) >= 11 is 0. The van der Waals surface area contributed by atoms with Crippen LogP contribution in [0, 0.1) is 0 Å². The van der Waals surface area contributed by atoms with Gasteiger partial charge in [-0.3, -0.25) is 9.69 Å². The largest absolute Gasteiger partial charge is 0.496 e. The number of benzene rings is 2. The molecule has 2 atom stereocenters. The summed E-state index contributed by atoms with van der Waals surface area (Å²) in [5.41, 5.74) is 1.97. The predicted molar refractivity (Wildman–Crippen MR) is 119 cm³/mol. The molecule has 4 rings (SSSR count). The third-order valence-corrected chi connectivity index (χ3v) is 6.20. The fourth-order valence-corrected chi connectivity index (χ4v) is 4.59. The standard InChI is InChI=1S/C25H30N2O5/c1-30-22-13-6-4-10-19(22)23-16-26(15-18-9-3-5-12-21(18)32-23)17-24(28)27-14-8-7-11-20(27)25(29)31-2/h3-6,9-10,12-13,20,23H,7-8,11,14-17H2,1-2H3/t20-,23+/m1/s1. The summed E-state index contributed by atoms with van der Waals surface area (Å²) in [7, 11) is 3.02. The number of nitrogens with zero attached hydrogens (tertiary/aromatic N) is 2. The number of rotatable bonds is 5. The summed E-state index contributed by atoms with van der Waals surface area (Å²) < 4.78 is 16.9. The molecule has 1 amide bonds. The van der Waals surface area contributed by atoms with Crippen molar-refractivity contribution >= 4 is 11.9 Å². The Balaban J connectivity index is 1.58. The summed E-state index contributed by atoms with van der Waals surface area (Å²) in [4.78, 5) is 29.3. The average Bonchev–Trinajstić information content (AvgIpc) is 3.02.